The highest BCUT2D eigenvalue weighted by atomic mass is 32.2. The van der Waals surface area contributed by atoms with E-state index in [1.54, 1.807) is 23.9 Å². The smallest absolute Gasteiger partial charge is 0.265 e. The zero-order valence-corrected chi connectivity index (χ0v) is 17.2. The SMILES string of the molecule is O=C(NN1CCCC1)c1ccc2c(c1)N=C(c1cccc(O)c1)c1ccccc1S2. The molecule has 2 N–H and O–H groups in total. The maximum absolute atomic E-state index is 12.7. The first-order valence-electron chi connectivity index (χ1n) is 10.0. The normalized spacial score (nSPS) is 15.7. The van der Waals surface area contributed by atoms with E-state index in [9.17, 15) is 9.90 Å². The number of hydrazine groups is 1. The molecule has 0 saturated carbocycles. The van der Waals surface area contributed by atoms with E-state index in [0.717, 1.165) is 58.2 Å². The number of hydrogen-bond acceptors (Lipinski definition) is 5. The van der Waals surface area contributed by atoms with Crippen LogP contribution < -0.4 is 5.43 Å². The monoisotopic (exact) mass is 415 g/mol. The van der Waals surface area contributed by atoms with Crippen molar-refractivity contribution in [1.82, 2.24) is 10.4 Å². The quantitative estimate of drug-likeness (QED) is 0.506. The second-order valence-electron chi connectivity index (χ2n) is 7.43. The lowest BCUT2D eigenvalue weighted by molar-refractivity contribution is 0.0826. The maximum atomic E-state index is 12.7. The molecule has 5 rings (SSSR count). The van der Waals surface area contributed by atoms with Gasteiger partial charge in [0.25, 0.3) is 5.91 Å². The molecule has 1 saturated heterocycles. The summed E-state index contributed by atoms with van der Waals surface area (Å²) in [5, 5.41) is 12.0. The standard InChI is InChI=1S/C24H21N3O2S/c28-18-7-5-6-16(14-18)23-19-8-1-2-9-21(19)30-22-11-10-17(15-20(22)25-23)24(29)26-27-12-3-4-13-27/h1-2,5-11,14-15,28H,3-4,12-13H2,(H,26,29). The molecule has 1 amide bonds. The number of aromatic hydroxyl groups is 1. The Kier molecular flexibility index (Phi) is 5.02. The predicted octanol–water partition coefficient (Wildman–Crippen LogP) is 4.77. The van der Waals surface area contributed by atoms with Gasteiger partial charge in [-0.05, 0) is 49.2 Å². The summed E-state index contributed by atoms with van der Waals surface area (Å²) in [6, 6.07) is 20.9. The highest BCUT2D eigenvalue weighted by Gasteiger charge is 2.21. The van der Waals surface area contributed by atoms with Crippen molar-refractivity contribution in [3.63, 3.8) is 0 Å². The highest BCUT2D eigenvalue weighted by molar-refractivity contribution is 7.99. The van der Waals surface area contributed by atoms with Crippen LogP contribution in [0, 0.1) is 0 Å². The molecule has 6 heteroatoms. The average molecular weight is 416 g/mol. The number of fused-ring (bicyclic) bond motifs is 2. The van der Waals surface area contributed by atoms with Crippen molar-refractivity contribution in [1.29, 1.82) is 0 Å². The van der Waals surface area contributed by atoms with Gasteiger partial charge >= 0.3 is 0 Å². The van der Waals surface area contributed by atoms with Crippen molar-refractivity contribution in [2.24, 2.45) is 4.99 Å². The third-order valence-corrected chi connectivity index (χ3v) is 6.44. The summed E-state index contributed by atoms with van der Waals surface area (Å²) in [4.78, 5) is 19.8. The van der Waals surface area contributed by atoms with Crippen molar-refractivity contribution in [3.05, 3.63) is 83.4 Å². The van der Waals surface area contributed by atoms with Gasteiger partial charge in [-0.2, -0.15) is 0 Å². The molecular weight excluding hydrogens is 394 g/mol. The lowest BCUT2D eigenvalue weighted by atomic mass is 10.0. The fourth-order valence-corrected chi connectivity index (χ4v) is 4.80. The van der Waals surface area contributed by atoms with Crippen LogP contribution in [0.2, 0.25) is 0 Å². The van der Waals surface area contributed by atoms with E-state index < -0.39 is 0 Å². The number of carbonyl (C=O) groups excluding carboxylic acids is 1. The first-order valence-corrected chi connectivity index (χ1v) is 10.8. The van der Waals surface area contributed by atoms with Gasteiger partial charge in [-0.15, -0.1) is 0 Å². The van der Waals surface area contributed by atoms with Crippen LogP contribution in [0.25, 0.3) is 0 Å². The van der Waals surface area contributed by atoms with Gasteiger partial charge in [0.1, 0.15) is 5.75 Å². The molecule has 150 valence electrons. The minimum Gasteiger partial charge on any atom is -0.508 e. The number of amides is 1. The molecule has 5 nitrogen and oxygen atoms in total. The molecule has 0 bridgehead atoms. The third kappa shape index (κ3) is 3.72. The first kappa shape index (κ1) is 18.9. The molecule has 0 radical (unpaired) electrons. The summed E-state index contributed by atoms with van der Waals surface area (Å²) in [5.41, 5.74) is 6.96. The van der Waals surface area contributed by atoms with E-state index in [1.807, 2.05) is 53.5 Å². The largest absolute Gasteiger partial charge is 0.508 e. The highest BCUT2D eigenvalue weighted by Crippen LogP contribution is 2.41. The van der Waals surface area contributed by atoms with Crippen molar-refractivity contribution in [2.45, 2.75) is 22.6 Å². The second kappa shape index (κ2) is 7.97. The Balaban J connectivity index is 1.58. The molecule has 30 heavy (non-hydrogen) atoms. The number of carbonyl (C=O) groups is 1. The van der Waals surface area contributed by atoms with Gasteiger partial charge in [-0.3, -0.25) is 10.2 Å². The van der Waals surface area contributed by atoms with Crippen LogP contribution in [0.4, 0.5) is 5.69 Å². The van der Waals surface area contributed by atoms with E-state index in [0.29, 0.717) is 5.56 Å². The fourth-order valence-electron chi connectivity index (χ4n) is 3.79. The number of benzene rings is 3. The summed E-state index contributed by atoms with van der Waals surface area (Å²) < 4.78 is 0. The summed E-state index contributed by atoms with van der Waals surface area (Å²) in [6.45, 7) is 1.78. The van der Waals surface area contributed by atoms with Crippen LogP contribution in [0.1, 0.15) is 34.3 Å². The number of rotatable bonds is 3. The first-order chi connectivity index (χ1) is 14.7. The lowest BCUT2D eigenvalue weighted by Gasteiger charge is -2.16. The Morgan fingerprint density at radius 3 is 2.63 bits per heavy atom. The van der Waals surface area contributed by atoms with Crippen LogP contribution >= 0.6 is 11.8 Å². The molecule has 3 aromatic carbocycles. The van der Waals surface area contributed by atoms with Gasteiger partial charge in [0, 0.05) is 39.6 Å². The lowest BCUT2D eigenvalue weighted by Crippen LogP contribution is -2.39. The second-order valence-corrected chi connectivity index (χ2v) is 8.51. The number of aliphatic imine (C=N–C) groups is 1. The number of hydrogen-bond donors (Lipinski definition) is 2. The summed E-state index contributed by atoms with van der Waals surface area (Å²) in [6.07, 6.45) is 2.22. The molecule has 2 aliphatic rings. The van der Waals surface area contributed by atoms with Gasteiger partial charge < -0.3 is 5.11 Å². The molecule has 1 fully saturated rings. The van der Waals surface area contributed by atoms with Gasteiger partial charge in [0.2, 0.25) is 0 Å². The van der Waals surface area contributed by atoms with Crippen molar-refractivity contribution in [3.8, 4) is 5.75 Å². The predicted molar refractivity (Wildman–Crippen MR) is 119 cm³/mol. The Bertz CT molecular complexity index is 1150. The van der Waals surface area contributed by atoms with Crippen LogP contribution in [0.5, 0.6) is 5.75 Å². The molecule has 2 aliphatic heterocycles. The van der Waals surface area contributed by atoms with Crippen LogP contribution in [0.15, 0.2) is 81.5 Å². The fraction of sp³-hybridized carbons (Fsp3) is 0.167. The minimum absolute atomic E-state index is 0.111. The molecule has 0 unspecified atom stereocenters. The number of nitrogens with zero attached hydrogens (tertiary/aromatic N) is 2. The topological polar surface area (TPSA) is 64.9 Å². The summed E-state index contributed by atoms with van der Waals surface area (Å²) in [5.74, 6) is 0.0871. The van der Waals surface area contributed by atoms with Gasteiger partial charge in [0.15, 0.2) is 0 Å². The van der Waals surface area contributed by atoms with Crippen molar-refractivity contribution >= 4 is 29.1 Å². The van der Waals surface area contributed by atoms with E-state index >= 15 is 0 Å². The third-order valence-electron chi connectivity index (χ3n) is 5.30. The molecule has 2 heterocycles. The number of phenolic OH excluding ortho intramolecular Hbond substituents is 1. The molecular formula is C24H21N3O2S. The van der Waals surface area contributed by atoms with Gasteiger partial charge in [0.05, 0.1) is 11.4 Å². The van der Waals surface area contributed by atoms with E-state index in [4.69, 9.17) is 4.99 Å². The minimum atomic E-state index is -0.111. The van der Waals surface area contributed by atoms with Gasteiger partial charge in [-0.25, -0.2) is 10.0 Å². The Labute approximate surface area is 179 Å². The van der Waals surface area contributed by atoms with E-state index in [2.05, 4.69) is 11.5 Å². The number of nitrogens with one attached hydrogen (secondary N) is 1. The Morgan fingerprint density at radius 2 is 1.80 bits per heavy atom. The van der Waals surface area contributed by atoms with Crippen molar-refractivity contribution in [2.75, 3.05) is 13.1 Å². The van der Waals surface area contributed by atoms with Gasteiger partial charge in [-0.1, -0.05) is 42.1 Å². The zero-order chi connectivity index (χ0) is 20.5. The van der Waals surface area contributed by atoms with Crippen LogP contribution in [-0.4, -0.2) is 34.8 Å². The van der Waals surface area contributed by atoms with E-state index in [-0.39, 0.29) is 11.7 Å². The summed E-state index contributed by atoms with van der Waals surface area (Å²) >= 11 is 1.64. The molecule has 0 atom stereocenters. The van der Waals surface area contributed by atoms with E-state index in [1.165, 1.54) is 0 Å². The molecule has 0 aliphatic carbocycles. The average Bonchev–Trinajstić information content (AvgIpc) is 3.20. The van der Waals surface area contributed by atoms with Crippen molar-refractivity contribution < 1.29 is 9.90 Å². The Hall–Kier alpha value is -3.09. The molecule has 3 aromatic rings. The number of phenols is 1. The summed E-state index contributed by atoms with van der Waals surface area (Å²) in [7, 11) is 0. The molecule has 0 aromatic heterocycles. The maximum Gasteiger partial charge on any atom is 0.265 e. The Morgan fingerprint density at radius 1 is 0.967 bits per heavy atom. The van der Waals surface area contributed by atoms with Crippen LogP contribution in [0.3, 0.4) is 0 Å². The molecule has 0 spiro atoms. The van der Waals surface area contributed by atoms with Crippen LogP contribution in [-0.2, 0) is 0 Å². The zero-order valence-electron chi connectivity index (χ0n) is 16.3.